The van der Waals surface area contributed by atoms with Crippen LogP contribution < -0.4 is 5.43 Å². The molecule has 0 spiro atoms. The molecule has 1 N–H and O–H groups in total. The van der Waals surface area contributed by atoms with E-state index in [2.05, 4.69) is 15.9 Å². The molecule has 0 bridgehead atoms. The molecule has 0 atom stereocenters. The molecule has 2 aromatic carbocycles. The van der Waals surface area contributed by atoms with Gasteiger partial charge in [-0.05, 0) is 33.6 Å². The maximum Gasteiger partial charge on any atom is 0.341 e. The van der Waals surface area contributed by atoms with Gasteiger partial charge in [-0.15, -0.1) is 0 Å². The molecule has 3 aromatic rings. The summed E-state index contributed by atoms with van der Waals surface area (Å²) in [7, 11) is 0. The van der Waals surface area contributed by atoms with Crippen LogP contribution >= 0.6 is 15.9 Å². The number of nitrogens with zero attached hydrogens (tertiary/aromatic N) is 1. The maximum absolute atomic E-state index is 12.4. The van der Waals surface area contributed by atoms with E-state index in [-0.39, 0.29) is 5.56 Å². The van der Waals surface area contributed by atoms with E-state index in [1.807, 2.05) is 42.5 Å². The second kappa shape index (κ2) is 5.77. The van der Waals surface area contributed by atoms with E-state index in [0.29, 0.717) is 21.9 Å². The van der Waals surface area contributed by atoms with Gasteiger partial charge < -0.3 is 9.67 Å². The first kappa shape index (κ1) is 14.5. The lowest BCUT2D eigenvalue weighted by Crippen LogP contribution is -2.19. The van der Waals surface area contributed by atoms with Crippen molar-refractivity contribution in [1.29, 1.82) is 0 Å². The average Bonchev–Trinajstić information content (AvgIpc) is 2.50. The first-order valence-electron chi connectivity index (χ1n) is 6.67. The number of rotatable bonds is 3. The molecule has 22 heavy (non-hydrogen) atoms. The van der Waals surface area contributed by atoms with Crippen molar-refractivity contribution in [3.8, 4) is 0 Å². The summed E-state index contributed by atoms with van der Waals surface area (Å²) in [6.45, 7) is 0.494. The number of hydrogen-bond acceptors (Lipinski definition) is 2. The van der Waals surface area contributed by atoms with Gasteiger partial charge in [0.05, 0.1) is 10.9 Å². The number of halogens is 1. The fourth-order valence-corrected chi connectivity index (χ4v) is 2.99. The molecule has 0 aliphatic rings. The fraction of sp³-hybridized carbons (Fsp3) is 0.0588. The van der Waals surface area contributed by atoms with Crippen molar-refractivity contribution >= 4 is 32.8 Å². The zero-order valence-corrected chi connectivity index (χ0v) is 13.1. The minimum absolute atomic E-state index is 0.227. The lowest BCUT2D eigenvalue weighted by atomic mass is 10.1. The highest BCUT2D eigenvalue weighted by Gasteiger charge is 2.16. The quantitative estimate of drug-likeness (QED) is 0.780. The second-order valence-electron chi connectivity index (χ2n) is 4.92. The predicted molar refractivity (Wildman–Crippen MR) is 88.4 cm³/mol. The van der Waals surface area contributed by atoms with Crippen LogP contribution in [-0.2, 0) is 6.54 Å². The summed E-state index contributed by atoms with van der Waals surface area (Å²) in [5.41, 5.74) is 1.03. The Balaban J connectivity index is 2.29. The van der Waals surface area contributed by atoms with Crippen LogP contribution in [0.25, 0.3) is 10.9 Å². The molecule has 0 aliphatic heterocycles. The van der Waals surface area contributed by atoms with Crippen LogP contribution in [0.2, 0.25) is 0 Å². The number of carbonyl (C=O) groups is 1. The van der Waals surface area contributed by atoms with E-state index in [0.717, 1.165) is 5.56 Å². The number of benzene rings is 2. The molecule has 0 radical (unpaired) electrons. The summed E-state index contributed by atoms with van der Waals surface area (Å²) >= 11 is 3.34. The van der Waals surface area contributed by atoms with E-state index in [4.69, 9.17) is 0 Å². The summed E-state index contributed by atoms with van der Waals surface area (Å²) in [5, 5.41) is 9.67. The Morgan fingerprint density at radius 3 is 2.50 bits per heavy atom. The highest BCUT2D eigenvalue weighted by atomic mass is 79.9. The molecule has 0 amide bonds. The Morgan fingerprint density at radius 1 is 1.09 bits per heavy atom. The summed E-state index contributed by atoms with van der Waals surface area (Å²) in [4.78, 5) is 23.7. The van der Waals surface area contributed by atoms with Crippen molar-refractivity contribution in [2.45, 2.75) is 6.54 Å². The number of hydrogen-bond donors (Lipinski definition) is 1. The van der Waals surface area contributed by atoms with Gasteiger partial charge in [-0.2, -0.15) is 0 Å². The Kier molecular flexibility index (Phi) is 3.81. The topological polar surface area (TPSA) is 59.3 Å². The molecule has 1 heterocycles. The normalized spacial score (nSPS) is 10.8. The molecule has 0 unspecified atom stereocenters. The summed E-state index contributed by atoms with van der Waals surface area (Å²) in [6.07, 6.45) is 1.41. The van der Waals surface area contributed by atoms with E-state index >= 15 is 0 Å². The summed E-state index contributed by atoms with van der Waals surface area (Å²) < 4.78 is 2.39. The first-order chi connectivity index (χ1) is 10.6. The SMILES string of the molecule is O=C(O)c1cn(Cc2ccccc2)c2cccc(Br)c2c1=O. The largest absolute Gasteiger partial charge is 0.477 e. The molecular weight excluding hydrogens is 346 g/mol. The van der Waals surface area contributed by atoms with Gasteiger partial charge in [0.2, 0.25) is 5.43 Å². The van der Waals surface area contributed by atoms with Crippen molar-refractivity contribution in [3.63, 3.8) is 0 Å². The summed E-state index contributed by atoms with van der Waals surface area (Å²) in [5.74, 6) is -1.22. The van der Waals surface area contributed by atoms with Crippen molar-refractivity contribution in [2.75, 3.05) is 0 Å². The zero-order chi connectivity index (χ0) is 15.7. The molecule has 110 valence electrons. The number of aromatic carboxylic acids is 1. The van der Waals surface area contributed by atoms with Crippen molar-refractivity contribution in [1.82, 2.24) is 4.57 Å². The fourth-order valence-electron chi connectivity index (χ4n) is 2.46. The van der Waals surface area contributed by atoms with Gasteiger partial charge in [0.1, 0.15) is 5.56 Å². The van der Waals surface area contributed by atoms with Crippen molar-refractivity contribution in [3.05, 3.63) is 80.6 Å². The standard InChI is InChI=1S/C17H12BrNO3/c18-13-7-4-8-14-15(13)16(20)12(17(21)22)10-19(14)9-11-5-2-1-3-6-11/h1-8,10H,9H2,(H,21,22). The monoisotopic (exact) mass is 357 g/mol. The van der Waals surface area contributed by atoms with Crippen LogP contribution in [-0.4, -0.2) is 15.6 Å². The number of carboxylic acid groups (broad SMARTS) is 1. The molecule has 3 rings (SSSR count). The van der Waals surface area contributed by atoms with Crippen molar-refractivity contribution < 1.29 is 9.90 Å². The summed E-state index contributed by atoms with van der Waals surface area (Å²) in [6, 6.07) is 15.1. The number of aromatic nitrogens is 1. The third-order valence-electron chi connectivity index (χ3n) is 3.48. The first-order valence-corrected chi connectivity index (χ1v) is 7.46. The smallest absolute Gasteiger partial charge is 0.341 e. The van der Waals surface area contributed by atoms with E-state index in [9.17, 15) is 14.7 Å². The van der Waals surface area contributed by atoms with Crippen LogP contribution in [0.1, 0.15) is 15.9 Å². The Bertz CT molecular complexity index is 916. The van der Waals surface area contributed by atoms with Gasteiger partial charge in [0, 0.05) is 17.2 Å². The predicted octanol–water partition coefficient (Wildman–Crippen LogP) is 3.51. The third-order valence-corrected chi connectivity index (χ3v) is 4.14. The van der Waals surface area contributed by atoms with Crippen LogP contribution in [0.4, 0.5) is 0 Å². The van der Waals surface area contributed by atoms with Gasteiger partial charge in [0.15, 0.2) is 0 Å². The molecule has 0 saturated heterocycles. The highest BCUT2D eigenvalue weighted by molar-refractivity contribution is 9.10. The molecular formula is C17H12BrNO3. The van der Waals surface area contributed by atoms with Gasteiger partial charge in [-0.3, -0.25) is 4.79 Å². The second-order valence-corrected chi connectivity index (χ2v) is 5.78. The Hall–Kier alpha value is -2.40. The lowest BCUT2D eigenvalue weighted by Gasteiger charge is -2.13. The van der Waals surface area contributed by atoms with E-state index in [1.54, 1.807) is 10.6 Å². The Morgan fingerprint density at radius 2 is 1.82 bits per heavy atom. The highest BCUT2D eigenvalue weighted by Crippen LogP contribution is 2.22. The van der Waals surface area contributed by atoms with Crippen LogP contribution in [0.5, 0.6) is 0 Å². The molecule has 5 heteroatoms. The van der Waals surface area contributed by atoms with Gasteiger partial charge in [0.25, 0.3) is 0 Å². The van der Waals surface area contributed by atoms with E-state index in [1.165, 1.54) is 6.20 Å². The minimum atomic E-state index is -1.22. The van der Waals surface area contributed by atoms with Crippen LogP contribution in [0, 0.1) is 0 Å². The van der Waals surface area contributed by atoms with Gasteiger partial charge >= 0.3 is 5.97 Å². The van der Waals surface area contributed by atoms with Crippen molar-refractivity contribution in [2.24, 2.45) is 0 Å². The molecule has 4 nitrogen and oxygen atoms in total. The maximum atomic E-state index is 12.4. The van der Waals surface area contributed by atoms with Crippen LogP contribution in [0.3, 0.4) is 0 Å². The molecule has 0 aliphatic carbocycles. The zero-order valence-electron chi connectivity index (χ0n) is 11.5. The molecule has 1 aromatic heterocycles. The Labute approximate surface area is 134 Å². The number of carboxylic acids is 1. The molecule has 0 fully saturated rings. The lowest BCUT2D eigenvalue weighted by molar-refractivity contribution is 0.0695. The minimum Gasteiger partial charge on any atom is -0.477 e. The van der Waals surface area contributed by atoms with Gasteiger partial charge in [-0.25, -0.2) is 4.79 Å². The third kappa shape index (κ3) is 2.55. The van der Waals surface area contributed by atoms with Gasteiger partial charge in [-0.1, -0.05) is 36.4 Å². The van der Waals surface area contributed by atoms with E-state index < -0.39 is 11.4 Å². The number of fused-ring (bicyclic) bond motifs is 1. The number of pyridine rings is 1. The molecule has 0 saturated carbocycles. The average molecular weight is 358 g/mol. The van der Waals surface area contributed by atoms with Crippen LogP contribution in [0.15, 0.2) is 64.0 Å².